The quantitative estimate of drug-likeness (QED) is 0.682. The number of piperidine rings is 1. The molecule has 1 atom stereocenters. The van der Waals surface area contributed by atoms with Gasteiger partial charge in [0.15, 0.2) is 0 Å². The fourth-order valence-corrected chi connectivity index (χ4v) is 4.80. The molecule has 1 saturated carbocycles. The van der Waals surface area contributed by atoms with Gasteiger partial charge in [-0.1, -0.05) is 26.0 Å². The summed E-state index contributed by atoms with van der Waals surface area (Å²) in [5.74, 6) is 1.36. The van der Waals surface area contributed by atoms with E-state index in [4.69, 9.17) is 4.74 Å². The number of benzene rings is 1. The Bertz CT molecular complexity index is 903. The summed E-state index contributed by atoms with van der Waals surface area (Å²) in [5.41, 5.74) is 2.25. The zero-order chi connectivity index (χ0) is 22.7. The van der Waals surface area contributed by atoms with Gasteiger partial charge in [0.25, 0.3) is 0 Å². The summed E-state index contributed by atoms with van der Waals surface area (Å²) in [4.78, 5) is 17.9. The van der Waals surface area contributed by atoms with Gasteiger partial charge >= 0.3 is 6.03 Å². The minimum Gasteiger partial charge on any atom is -0.493 e. The number of nitrogens with one attached hydrogen (secondary N) is 1. The number of ether oxygens (including phenoxy) is 1. The molecule has 7 nitrogen and oxygen atoms in total. The van der Waals surface area contributed by atoms with Crippen molar-refractivity contribution in [3.63, 3.8) is 0 Å². The van der Waals surface area contributed by atoms with E-state index in [0.717, 1.165) is 36.5 Å². The molecule has 2 aliphatic rings. The Labute approximate surface area is 191 Å². The SMILES string of the molecule is CC(C)COc1ccc(CNC(=O)N(Cc2ccn(C)n2)[C@@H]2CCN(C)CC23CC3)cc1. The van der Waals surface area contributed by atoms with Crippen LogP contribution in [0.2, 0.25) is 0 Å². The molecule has 1 aromatic heterocycles. The molecule has 1 aliphatic carbocycles. The van der Waals surface area contributed by atoms with Crippen molar-refractivity contribution in [2.45, 2.75) is 52.2 Å². The van der Waals surface area contributed by atoms with Crippen molar-refractivity contribution in [2.24, 2.45) is 18.4 Å². The van der Waals surface area contributed by atoms with Crippen LogP contribution >= 0.6 is 0 Å². The molecule has 2 aromatic rings. The summed E-state index contributed by atoms with van der Waals surface area (Å²) in [6, 6.07) is 10.3. The maximum Gasteiger partial charge on any atom is 0.318 e. The number of carbonyl (C=O) groups is 1. The third-order valence-electron chi connectivity index (χ3n) is 6.66. The first kappa shape index (κ1) is 22.6. The highest BCUT2D eigenvalue weighted by molar-refractivity contribution is 5.74. The van der Waals surface area contributed by atoms with Crippen LogP contribution < -0.4 is 10.1 Å². The van der Waals surface area contributed by atoms with Gasteiger partial charge in [-0.3, -0.25) is 4.68 Å². The van der Waals surface area contributed by atoms with Crippen LogP contribution in [-0.2, 0) is 20.1 Å². The number of aromatic nitrogens is 2. The Balaban J connectivity index is 1.42. The summed E-state index contributed by atoms with van der Waals surface area (Å²) < 4.78 is 7.57. The second-order valence-electron chi connectivity index (χ2n) is 10.0. The molecule has 0 bridgehead atoms. The third-order valence-corrected chi connectivity index (χ3v) is 6.66. The van der Waals surface area contributed by atoms with Gasteiger partial charge in [0, 0.05) is 37.8 Å². The Morgan fingerprint density at radius 2 is 2.00 bits per heavy atom. The second-order valence-corrected chi connectivity index (χ2v) is 10.0. The van der Waals surface area contributed by atoms with Crippen LogP contribution in [0.1, 0.15) is 44.4 Å². The van der Waals surface area contributed by atoms with Crippen LogP contribution in [0.5, 0.6) is 5.75 Å². The number of hydrogen-bond donors (Lipinski definition) is 1. The summed E-state index contributed by atoms with van der Waals surface area (Å²) in [7, 11) is 4.11. The highest BCUT2D eigenvalue weighted by Crippen LogP contribution is 2.54. The molecule has 0 radical (unpaired) electrons. The van der Waals surface area contributed by atoms with Gasteiger partial charge in [-0.15, -0.1) is 0 Å². The lowest BCUT2D eigenvalue weighted by Gasteiger charge is -2.43. The second kappa shape index (κ2) is 9.53. The van der Waals surface area contributed by atoms with Crippen molar-refractivity contribution in [1.29, 1.82) is 0 Å². The zero-order valence-corrected chi connectivity index (χ0v) is 19.9. The van der Waals surface area contributed by atoms with Crippen molar-refractivity contribution in [3.05, 3.63) is 47.8 Å². The van der Waals surface area contributed by atoms with E-state index >= 15 is 0 Å². The molecule has 1 saturated heterocycles. The monoisotopic (exact) mass is 439 g/mol. The summed E-state index contributed by atoms with van der Waals surface area (Å²) in [6.07, 6.45) is 5.35. The van der Waals surface area contributed by atoms with E-state index in [1.165, 1.54) is 12.8 Å². The lowest BCUT2D eigenvalue weighted by molar-refractivity contribution is 0.0669. The maximum absolute atomic E-state index is 13.4. The van der Waals surface area contributed by atoms with Crippen molar-refractivity contribution in [2.75, 3.05) is 26.7 Å². The Kier molecular flexibility index (Phi) is 6.74. The van der Waals surface area contributed by atoms with Gasteiger partial charge in [0.05, 0.1) is 18.8 Å². The van der Waals surface area contributed by atoms with Crippen molar-refractivity contribution in [3.8, 4) is 5.75 Å². The molecule has 2 fully saturated rings. The predicted octanol–water partition coefficient (Wildman–Crippen LogP) is 3.65. The summed E-state index contributed by atoms with van der Waals surface area (Å²) in [5, 5.41) is 7.71. The molecule has 1 aliphatic heterocycles. The molecule has 1 aromatic carbocycles. The molecule has 0 unspecified atom stereocenters. The Morgan fingerprint density at radius 1 is 1.25 bits per heavy atom. The predicted molar refractivity (Wildman–Crippen MR) is 125 cm³/mol. The van der Waals surface area contributed by atoms with Crippen molar-refractivity contribution in [1.82, 2.24) is 24.9 Å². The first-order valence-electron chi connectivity index (χ1n) is 11.8. The number of nitrogens with zero attached hydrogens (tertiary/aromatic N) is 4. The maximum atomic E-state index is 13.4. The van der Waals surface area contributed by atoms with E-state index < -0.39 is 0 Å². The van der Waals surface area contributed by atoms with Gasteiger partial charge in [0.2, 0.25) is 0 Å². The third kappa shape index (κ3) is 5.44. The van der Waals surface area contributed by atoms with Crippen LogP contribution in [0.15, 0.2) is 36.5 Å². The minimum atomic E-state index is -0.00313. The van der Waals surface area contributed by atoms with Crippen LogP contribution in [0.3, 0.4) is 0 Å². The molecule has 32 heavy (non-hydrogen) atoms. The highest BCUT2D eigenvalue weighted by Gasteiger charge is 2.54. The summed E-state index contributed by atoms with van der Waals surface area (Å²) in [6.45, 7) is 8.12. The van der Waals surface area contributed by atoms with Crippen molar-refractivity contribution >= 4 is 6.03 Å². The van der Waals surface area contributed by atoms with E-state index in [0.29, 0.717) is 25.6 Å². The fourth-order valence-electron chi connectivity index (χ4n) is 4.80. The van der Waals surface area contributed by atoms with E-state index in [9.17, 15) is 4.79 Å². The summed E-state index contributed by atoms with van der Waals surface area (Å²) >= 11 is 0. The molecule has 1 N–H and O–H groups in total. The van der Waals surface area contributed by atoms with E-state index in [1.54, 1.807) is 4.68 Å². The number of aryl methyl sites for hydroxylation is 1. The first-order chi connectivity index (χ1) is 15.3. The molecular weight excluding hydrogens is 402 g/mol. The van der Waals surface area contributed by atoms with Crippen LogP contribution in [0.4, 0.5) is 4.79 Å². The van der Waals surface area contributed by atoms with Gasteiger partial charge in [-0.2, -0.15) is 5.10 Å². The fraction of sp³-hybridized carbons (Fsp3) is 0.600. The molecular formula is C25H37N5O2. The Morgan fingerprint density at radius 3 is 2.62 bits per heavy atom. The van der Waals surface area contributed by atoms with Crippen molar-refractivity contribution < 1.29 is 9.53 Å². The lowest BCUT2D eigenvalue weighted by Crippen LogP contribution is -2.55. The Hall–Kier alpha value is -2.54. The molecule has 4 rings (SSSR count). The number of rotatable bonds is 8. The van der Waals surface area contributed by atoms with Gasteiger partial charge < -0.3 is 19.9 Å². The average Bonchev–Trinajstić information content (AvgIpc) is 3.39. The number of hydrogen-bond acceptors (Lipinski definition) is 4. The molecule has 7 heteroatoms. The van der Waals surface area contributed by atoms with Gasteiger partial charge in [-0.05, 0) is 62.5 Å². The van der Waals surface area contributed by atoms with E-state index in [2.05, 4.69) is 36.2 Å². The molecule has 174 valence electrons. The number of carbonyl (C=O) groups excluding carboxylic acids is 1. The lowest BCUT2D eigenvalue weighted by atomic mass is 9.88. The van der Waals surface area contributed by atoms with Gasteiger partial charge in [-0.25, -0.2) is 4.79 Å². The van der Waals surface area contributed by atoms with Crippen LogP contribution in [0.25, 0.3) is 0 Å². The smallest absolute Gasteiger partial charge is 0.318 e. The minimum absolute atomic E-state index is 0.00313. The van der Waals surface area contributed by atoms with E-state index in [-0.39, 0.29) is 17.5 Å². The highest BCUT2D eigenvalue weighted by atomic mass is 16.5. The topological polar surface area (TPSA) is 62.6 Å². The van der Waals surface area contributed by atoms with E-state index in [1.807, 2.05) is 48.5 Å². The van der Waals surface area contributed by atoms with Gasteiger partial charge in [0.1, 0.15) is 5.75 Å². The molecule has 1 spiro atoms. The largest absolute Gasteiger partial charge is 0.493 e. The number of urea groups is 1. The normalized spacial score (nSPS) is 19.8. The standard InChI is InChI=1S/C25H37N5O2/c1-19(2)17-32-22-7-5-20(6-8-22)15-26-24(31)30(16-21-9-14-29(4)27-21)23-10-13-28(3)18-25(23)11-12-25/h5-9,14,19,23H,10-13,15-18H2,1-4H3,(H,26,31)/t23-/m1/s1. The number of likely N-dealkylation sites (tertiary alicyclic amines) is 1. The zero-order valence-electron chi connectivity index (χ0n) is 19.9. The first-order valence-corrected chi connectivity index (χ1v) is 11.8. The molecule has 2 heterocycles. The van der Waals surface area contributed by atoms with Crippen LogP contribution in [-0.4, -0.2) is 58.4 Å². The number of amides is 2. The molecule has 2 amide bonds. The van der Waals surface area contributed by atoms with Crippen LogP contribution in [0, 0.1) is 11.3 Å². The average molecular weight is 440 g/mol.